The molecule has 1 atom stereocenters. The highest BCUT2D eigenvalue weighted by molar-refractivity contribution is 5.83. The second-order valence-corrected chi connectivity index (χ2v) is 5.43. The van der Waals surface area contributed by atoms with Gasteiger partial charge in [-0.05, 0) is 36.2 Å². The van der Waals surface area contributed by atoms with Gasteiger partial charge in [-0.1, -0.05) is 6.92 Å². The van der Waals surface area contributed by atoms with Crippen LogP contribution in [0.4, 0.5) is 5.69 Å². The Labute approximate surface area is 145 Å². The monoisotopic (exact) mass is 344 g/mol. The van der Waals surface area contributed by atoms with Crippen molar-refractivity contribution in [3.05, 3.63) is 63.7 Å². The molecule has 0 radical (unpaired) electrons. The Hall–Kier alpha value is -2.93. The lowest BCUT2D eigenvalue weighted by Gasteiger charge is -2.08. The molecule has 7 nitrogen and oxygen atoms in total. The van der Waals surface area contributed by atoms with Crippen molar-refractivity contribution in [3.63, 3.8) is 0 Å². The van der Waals surface area contributed by atoms with Crippen molar-refractivity contribution in [2.75, 3.05) is 13.2 Å². The standard InChI is InChI=1S/C18H20N2O5/c1-2-9-25-16-8-5-14(17(21)10-16)11-19-12-18(22)13-3-6-15(7-4-13)20(23)24/h3-8,10-11,18,21-22H,2,9,12H2,1H3/t18-/m1/s1. The molecule has 2 aromatic rings. The van der Waals surface area contributed by atoms with Crippen molar-refractivity contribution in [1.29, 1.82) is 0 Å². The summed E-state index contributed by atoms with van der Waals surface area (Å²) < 4.78 is 5.43. The molecule has 7 heteroatoms. The fourth-order valence-electron chi connectivity index (χ4n) is 2.12. The number of nitro groups is 1. The molecular formula is C18H20N2O5. The van der Waals surface area contributed by atoms with Crippen LogP contribution in [0.25, 0.3) is 0 Å². The van der Waals surface area contributed by atoms with Gasteiger partial charge in [0.1, 0.15) is 11.5 Å². The van der Waals surface area contributed by atoms with E-state index in [-0.39, 0.29) is 18.0 Å². The van der Waals surface area contributed by atoms with Crippen LogP contribution in [0.2, 0.25) is 0 Å². The van der Waals surface area contributed by atoms with Crippen molar-refractivity contribution in [2.45, 2.75) is 19.4 Å². The molecule has 0 aliphatic rings. The molecule has 0 heterocycles. The Morgan fingerprint density at radius 2 is 2.00 bits per heavy atom. The van der Waals surface area contributed by atoms with Crippen molar-refractivity contribution in [3.8, 4) is 11.5 Å². The molecule has 132 valence electrons. The molecule has 0 saturated heterocycles. The second-order valence-electron chi connectivity index (χ2n) is 5.43. The minimum Gasteiger partial charge on any atom is -0.507 e. The lowest BCUT2D eigenvalue weighted by atomic mass is 10.1. The van der Waals surface area contributed by atoms with Gasteiger partial charge in [-0.25, -0.2) is 0 Å². The maximum atomic E-state index is 10.6. The van der Waals surface area contributed by atoms with E-state index < -0.39 is 11.0 Å². The molecule has 0 spiro atoms. The average molecular weight is 344 g/mol. The zero-order valence-corrected chi connectivity index (χ0v) is 13.8. The van der Waals surface area contributed by atoms with E-state index in [0.717, 1.165) is 6.42 Å². The van der Waals surface area contributed by atoms with Gasteiger partial charge in [0, 0.05) is 30.0 Å². The van der Waals surface area contributed by atoms with Crippen LogP contribution in [0.1, 0.15) is 30.6 Å². The number of nitro benzene ring substituents is 1. The second kappa shape index (κ2) is 8.79. The van der Waals surface area contributed by atoms with E-state index in [2.05, 4.69) is 4.99 Å². The summed E-state index contributed by atoms with van der Waals surface area (Å²) in [5.74, 6) is 0.629. The summed E-state index contributed by atoms with van der Waals surface area (Å²) in [7, 11) is 0. The zero-order chi connectivity index (χ0) is 18.2. The summed E-state index contributed by atoms with van der Waals surface area (Å²) in [6.45, 7) is 2.65. The highest BCUT2D eigenvalue weighted by Crippen LogP contribution is 2.23. The summed E-state index contributed by atoms with van der Waals surface area (Å²) in [5, 5.41) is 30.6. The summed E-state index contributed by atoms with van der Waals surface area (Å²) in [6, 6.07) is 10.6. The predicted octanol–water partition coefficient (Wildman–Crippen LogP) is 3.24. The Balaban J connectivity index is 1.96. The molecule has 2 aromatic carbocycles. The van der Waals surface area contributed by atoms with Crippen molar-refractivity contribution < 1.29 is 19.9 Å². The molecule has 25 heavy (non-hydrogen) atoms. The van der Waals surface area contributed by atoms with Crippen LogP contribution < -0.4 is 4.74 Å². The number of hydrogen-bond donors (Lipinski definition) is 2. The number of phenols is 1. The first kappa shape index (κ1) is 18.4. The Morgan fingerprint density at radius 3 is 2.60 bits per heavy atom. The number of hydrogen-bond acceptors (Lipinski definition) is 6. The summed E-state index contributed by atoms with van der Waals surface area (Å²) in [4.78, 5) is 14.2. The Bertz CT molecular complexity index is 744. The molecule has 0 bridgehead atoms. The lowest BCUT2D eigenvalue weighted by Crippen LogP contribution is -2.02. The molecule has 0 aliphatic heterocycles. The third-order valence-electron chi connectivity index (χ3n) is 3.47. The predicted molar refractivity (Wildman–Crippen MR) is 94.4 cm³/mol. The lowest BCUT2D eigenvalue weighted by molar-refractivity contribution is -0.384. The molecule has 0 fully saturated rings. The number of aliphatic hydroxyl groups excluding tert-OH is 1. The molecule has 0 unspecified atom stereocenters. The highest BCUT2D eigenvalue weighted by Gasteiger charge is 2.10. The number of aliphatic hydroxyl groups is 1. The van der Waals surface area contributed by atoms with E-state index in [1.807, 2.05) is 6.92 Å². The minimum atomic E-state index is -0.883. The minimum absolute atomic E-state index is 0.0326. The van der Waals surface area contributed by atoms with Crippen LogP contribution in [0.3, 0.4) is 0 Å². The summed E-state index contributed by atoms with van der Waals surface area (Å²) in [6.07, 6.45) is 1.46. The topological polar surface area (TPSA) is 105 Å². The third-order valence-corrected chi connectivity index (χ3v) is 3.47. The molecule has 2 N–H and O–H groups in total. The van der Waals surface area contributed by atoms with Crippen LogP contribution >= 0.6 is 0 Å². The maximum absolute atomic E-state index is 10.6. The zero-order valence-electron chi connectivity index (χ0n) is 13.8. The van der Waals surface area contributed by atoms with Crippen LogP contribution in [0.5, 0.6) is 11.5 Å². The SMILES string of the molecule is CCCOc1ccc(C=NC[C@@H](O)c2ccc([N+](=O)[O-])cc2)c(O)c1. The van der Waals surface area contributed by atoms with E-state index in [1.54, 1.807) is 12.1 Å². The van der Waals surface area contributed by atoms with Crippen LogP contribution in [0.15, 0.2) is 47.5 Å². The van der Waals surface area contributed by atoms with Crippen LogP contribution in [-0.4, -0.2) is 34.5 Å². The first-order valence-electron chi connectivity index (χ1n) is 7.89. The number of aliphatic imine (C=N–C) groups is 1. The normalized spacial score (nSPS) is 12.2. The van der Waals surface area contributed by atoms with E-state index in [0.29, 0.717) is 23.5 Å². The molecule has 0 aliphatic carbocycles. The van der Waals surface area contributed by atoms with Crippen molar-refractivity contribution >= 4 is 11.9 Å². The summed E-state index contributed by atoms with van der Waals surface area (Å²) >= 11 is 0. The largest absolute Gasteiger partial charge is 0.507 e. The fraction of sp³-hybridized carbons (Fsp3) is 0.278. The number of benzene rings is 2. The van der Waals surface area contributed by atoms with Gasteiger partial charge in [0.15, 0.2) is 0 Å². The van der Waals surface area contributed by atoms with Crippen LogP contribution in [0, 0.1) is 10.1 Å². The maximum Gasteiger partial charge on any atom is 0.269 e. The van der Waals surface area contributed by atoms with Gasteiger partial charge >= 0.3 is 0 Å². The average Bonchev–Trinajstić information content (AvgIpc) is 2.61. The number of aromatic hydroxyl groups is 1. The third kappa shape index (κ3) is 5.29. The molecule has 2 rings (SSSR count). The highest BCUT2D eigenvalue weighted by atomic mass is 16.6. The van der Waals surface area contributed by atoms with Gasteiger partial charge < -0.3 is 14.9 Å². The molecular weight excluding hydrogens is 324 g/mol. The van der Waals surface area contributed by atoms with Crippen molar-refractivity contribution in [2.24, 2.45) is 4.99 Å². The Kier molecular flexibility index (Phi) is 6.47. The number of ether oxygens (including phenoxy) is 1. The van der Waals surface area contributed by atoms with Gasteiger partial charge in [-0.2, -0.15) is 0 Å². The van der Waals surface area contributed by atoms with E-state index in [1.165, 1.54) is 36.5 Å². The van der Waals surface area contributed by atoms with Gasteiger partial charge in [-0.15, -0.1) is 0 Å². The summed E-state index contributed by atoms with van der Waals surface area (Å²) in [5.41, 5.74) is 1.02. The van der Waals surface area contributed by atoms with Gasteiger partial charge in [0.05, 0.1) is 24.2 Å². The van der Waals surface area contributed by atoms with E-state index in [9.17, 15) is 20.3 Å². The van der Waals surface area contributed by atoms with Crippen molar-refractivity contribution in [1.82, 2.24) is 0 Å². The van der Waals surface area contributed by atoms with Gasteiger partial charge in [0.2, 0.25) is 0 Å². The first-order valence-corrected chi connectivity index (χ1v) is 7.89. The Morgan fingerprint density at radius 1 is 1.28 bits per heavy atom. The quantitative estimate of drug-likeness (QED) is 0.434. The number of phenolic OH excluding ortho intramolecular Hbond substituents is 1. The number of non-ortho nitro benzene ring substituents is 1. The first-order chi connectivity index (χ1) is 12.0. The molecule has 0 aromatic heterocycles. The molecule has 0 amide bonds. The van der Waals surface area contributed by atoms with Gasteiger partial charge in [-0.3, -0.25) is 15.1 Å². The molecule has 0 saturated carbocycles. The number of rotatable bonds is 8. The van der Waals surface area contributed by atoms with Crippen LogP contribution in [-0.2, 0) is 0 Å². The smallest absolute Gasteiger partial charge is 0.269 e. The number of nitrogens with zero attached hydrogens (tertiary/aromatic N) is 2. The van der Waals surface area contributed by atoms with E-state index in [4.69, 9.17) is 4.74 Å². The van der Waals surface area contributed by atoms with E-state index >= 15 is 0 Å². The fourth-order valence-corrected chi connectivity index (χ4v) is 2.12. The van der Waals surface area contributed by atoms with Gasteiger partial charge in [0.25, 0.3) is 5.69 Å².